The number of benzene rings is 3. The number of aromatic nitrogens is 3. The van der Waals surface area contributed by atoms with Gasteiger partial charge in [-0.05, 0) is 61.9 Å². The fraction of sp³-hybridized carbons (Fsp3) is 0.194. The summed E-state index contributed by atoms with van der Waals surface area (Å²) < 4.78 is 29.2. The normalized spacial score (nSPS) is 11.9. The predicted molar refractivity (Wildman–Crippen MR) is 149 cm³/mol. The summed E-state index contributed by atoms with van der Waals surface area (Å²) in [4.78, 5) is 31.1. The highest BCUT2D eigenvalue weighted by Crippen LogP contribution is 2.32. The molecule has 0 aliphatic rings. The number of methoxy groups -OCH3 is 1. The lowest BCUT2D eigenvalue weighted by Gasteiger charge is -2.15. The van der Waals surface area contributed by atoms with Crippen molar-refractivity contribution >= 4 is 16.7 Å². The maximum absolute atomic E-state index is 15.1. The number of ether oxygens (including phenoxy) is 2. The number of carbonyl (C=O) groups is 1. The molecule has 0 saturated carbocycles. The lowest BCUT2D eigenvalue weighted by molar-refractivity contribution is 0.0990. The third-order valence-electron chi connectivity index (χ3n) is 6.60. The number of nitrogens with zero attached hydrogens (tertiary/aromatic N) is 3. The molecule has 0 aliphatic heterocycles. The predicted octanol–water partition coefficient (Wildman–Crippen LogP) is 5.24. The van der Waals surface area contributed by atoms with Crippen molar-refractivity contribution in [3.63, 3.8) is 0 Å². The Balaban J connectivity index is 1.42. The van der Waals surface area contributed by atoms with Gasteiger partial charge in [-0.3, -0.25) is 19.3 Å². The molecule has 0 amide bonds. The van der Waals surface area contributed by atoms with E-state index in [0.717, 1.165) is 0 Å². The molecule has 2 heterocycles. The third-order valence-corrected chi connectivity index (χ3v) is 6.60. The van der Waals surface area contributed by atoms with Crippen molar-refractivity contribution in [2.45, 2.75) is 32.9 Å². The van der Waals surface area contributed by atoms with Gasteiger partial charge < -0.3 is 14.6 Å². The summed E-state index contributed by atoms with van der Waals surface area (Å²) in [5.41, 5.74) is 1.55. The van der Waals surface area contributed by atoms with Crippen LogP contribution in [0.2, 0.25) is 0 Å². The van der Waals surface area contributed by atoms with Crippen LogP contribution in [-0.2, 0) is 13.0 Å². The number of carbonyl (C=O) groups excluding carboxylic acids is 1. The Morgan fingerprint density at radius 1 is 1.05 bits per heavy atom. The second kappa shape index (κ2) is 11.2. The van der Waals surface area contributed by atoms with Gasteiger partial charge in [0.25, 0.3) is 5.56 Å². The number of hydrogen-bond donors (Lipinski definition) is 1. The highest BCUT2D eigenvalue weighted by Gasteiger charge is 2.24. The molecule has 3 aromatic carbocycles. The zero-order valence-electron chi connectivity index (χ0n) is 22.3. The number of halogens is 1. The van der Waals surface area contributed by atoms with Crippen LogP contribution in [0.4, 0.5) is 4.39 Å². The number of para-hydroxylation sites is 1. The molecule has 8 nitrogen and oxygen atoms in total. The smallest absolute Gasteiger partial charge is 0.282 e. The first-order valence-electron chi connectivity index (χ1n) is 12.7. The van der Waals surface area contributed by atoms with Crippen LogP contribution in [0.3, 0.4) is 0 Å². The molecular formula is C31H28FN3O5. The van der Waals surface area contributed by atoms with E-state index < -0.39 is 23.3 Å². The summed E-state index contributed by atoms with van der Waals surface area (Å²) in [6.07, 6.45) is 0.638. The van der Waals surface area contributed by atoms with Gasteiger partial charge in [-0.15, -0.1) is 0 Å². The van der Waals surface area contributed by atoms with Crippen LogP contribution < -0.4 is 15.0 Å². The monoisotopic (exact) mass is 541 g/mol. The fourth-order valence-electron chi connectivity index (χ4n) is 4.71. The van der Waals surface area contributed by atoms with Crippen LogP contribution in [0, 0.1) is 12.7 Å². The number of aliphatic hydroxyl groups is 1. The van der Waals surface area contributed by atoms with Gasteiger partial charge in [0.05, 0.1) is 31.0 Å². The number of hydrogen-bond acceptors (Lipinski definition) is 6. The van der Waals surface area contributed by atoms with Gasteiger partial charge in [-0.2, -0.15) is 0 Å². The fourth-order valence-corrected chi connectivity index (χ4v) is 4.71. The zero-order chi connectivity index (χ0) is 28.4. The van der Waals surface area contributed by atoms with Crippen molar-refractivity contribution in [2.24, 2.45) is 0 Å². The minimum Gasteiger partial charge on any atom is -0.497 e. The van der Waals surface area contributed by atoms with Gasteiger partial charge in [0.2, 0.25) is 0 Å². The number of rotatable bonds is 9. The Bertz CT molecular complexity index is 1760. The average Bonchev–Trinajstić information content (AvgIpc) is 3.18. The Morgan fingerprint density at radius 2 is 1.82 bits per heavy atom. The molecule has 0 aliphatic carbocycles. The summed E-state index contributed by atoms with van der Waals surface area (Å²) in [7, 11) is 1.56. The number of fused-ring (bicyclic) bond motifs is 1. The van der Waals surface area contributed by atoms with Crippen LogP contribution in [0.25, 0.3) is 16.6 Å². The van der Waals surface area contributed by atoms with Crippen LogP contribution in [0.5, 0.6) is 17.2 Å². The molecule has 0 saturated heterocycles. The van der Waals surface area contributed by atoms with Gasteiger partial charge in [-0.25, -0.2) is 9.07 Å². The maximum Gasteiger partial charge on any atom is 0.282 e. The average molecular weight is 542 g/mol. The van der Waals surface area contributed by atoms with Crippen molar-refractivity contribution in [1.29, 1.82) is 0 Å². The molecular weight excluding hydrogens is 513 g/mol. The largest absolute Gasteiger partial charge is 0.497 e. The molecule has 0 fully saturated rings. The molecule has 1 atom stereocenters. The van der Waals surface area contributed by atoms with Crippen molar-refractivity contribution in [3.05, 3.63) is 112 Å². The summed E-state index contributed by atoms with van der Waals surface area (Å²) in [6.45, 7) is 3.40. The molecule has 1 unspecified atom stereocenters. The number of Topliss-reactive ketones (excluding diaryl/α,β-unsaturated/α-hetero) is 1. The van der Waals surface area contributed by atoms with E-state index in [0.29, 0.717) is 39.3 Å². The third kappa shape index (κ3) is 5.23. The van der Waals surface area contributed by atoms with E-state index in [1.54, 1.807) is 86.4 Å². The molecule has 40 heavy (non-hydrogen) atoms. The first-order chi connectivity index (χ1) is 19.3. The Kier molecular flexibility index (Phi) is 7.48. The minimum atomic E-state index is -0.746. The van der Waals surface area contributed by atoms with E-state index >= 15 is 4.39 Å². The van der Waals surface area contributed by atoms with Crippen molar-refractivity contribution < 1.29 is 23.8 Å². The zero-order valence-corrected chi connectivity index (χ0v) is 22.3. The van der Waals surface area contributed by atoms with Crippen LogP contribution in [0.15, 0.2) is 83.8 Å². The summed E-state index contributed by atoms with van der Waals surface area (Å²) in [5.74, 6) is -0.0333. The second-order valence-corrected chi connectivity index (χ2v) is 9.50. The second-order valence-electron chi connectivity index (χ2n) is 9.50. The van der Waals surface area contributed by atoms with E-state index in [1.165, 1.54) is 16.8 Å². The van der Waals surface area contributed by atoms with E-state index in [1.807, 2.05) is 6.07 Å². The molecule has 5 aromatic rings. The minimum absolute atomic E-state index is 0.00363. The Morgan fingerprint density at radius 3 is 2.52 bits per heavy atom. The quantitative estimate of drug-likeness (QED) is 0.257. The molecule has 0 spiro atoms. The van der Waals surface area contributed by atoms with Crippen molar-refractivity contribution in [1.82, 2.24) is 14.3 Å². The van der Waals surface area contributed by atoms with E-state index in [9.17, 15) is 14.7 Å². The van der Waals surface area contributed by atoms with E-state index in [2.05, 4.69) is 4.98 Å². The van der Waals surface area contributed by atoms with Crippen LogP contribution in [0.1, 0.15) is 28.5 Å². The van der Waals surface area contributed by atoms with Crippen molar-refractivity contribution in [3.8, 4) is 22.9 Å². The lowest BCUT2D eigenvalue weighted by atomic mass is 10.0. The lowest BCUT2D eigenvalue weighted by Crippen LogP contribution is -2.26. The number of aliphatic hydroxyl groups excluding tert-OH is 1. The summed E-state index contributed by atoms with van der Waals surface area (Å²) >= 11 is 0. The molecule has 9 heteroatoms. The van der Waals surface area contributed by atoms with E-state index in [-0.39, 0.29) is 24.3 Å². The molecule has 0 radical (unpaired) electrons. The number of ketones is 1. The van der Waals surface area contributed by atoms with Crippen LogP contribution in [-0.4, -0.2) is 38.5 Å². The van der Waals surface area contributed by atoms with Crippen molar-refractivity contribution in [2.75, 3.05) is 7.11 Å². The summed E-state index contributed by atoms with van der Waals surface area (Å²) in [6, 6.07) is 20.2. The van der Waals surface area contributed by atoms with Gasteiger partial charge in [0.1, 0.15) is 17.1 Å². The van der Waals surface area contributed by atoms with Gasteiger partial charge >= 0.3 is 0 Å². The first kappa shape index (κ1) is 26.8. The highest BCUT2D eigenvalue weighted by atomic mass is 19.1. The molecule has 0 bridgehead atoms. The Labute approximate surface area is 229 Å². The first-order valence-corrected chi connectivity index (χ1v) is 12.7. The van der Waals surface area contributed by atoms with Gasteiger partial charge in [-0.1, -0.05) is 24.3 Å². The number of pyridine rings is 1. The highest BCUT2D eigenvalue weighted by molar-refractivity contribution is 5.98. The standard InChI is InChI=1S/C31H28FN3O5/c1-19(36)18-34-20(2)30(31(38)35(34)22-7-5-4-6-8-22)27(37)16-21-9-12-29(25(32)15-21)40-28-13-14-33-26-17-23(39-3)10-11-24(26)28/h4-15,17,19,36H,16,18H2,1-3H3. The van der Waals surface area contributed by atoms with E-state index in [4.69, 9.17) is 9.47 Å². The molecule has 2 aromatic heterocycles. The van der Waals surface area contributed by atoms with Crippen LogP contribution >= 0.6 is 0 Å². The summed E-state index contributed by atoms with van der Waals surface area (Å²) in [5, 5.41) is 10.7. The maximum atomic E-state index is 15.1. The Hall–Kier alpha value is -4.76. The van der Waals surface area contributed by atoms with Gasteiger partial charge in [0.15, 0.2) is 17.3 Å². The van der Waals surface area contributed by atoms with Gasteiger partial charge in [0, 0.05) is 29.8 Å². The molecule has 5 rings (SSSR count). The molecule has 204 valence electrons. The molecule has 1 N–H and O–H groups in total. The topological polar surface area (TPSA) is 95.6 Å². The SMILES string of the molecule is COc1ccc2c(Oc3ccc(CC(=O)c4c(C)n(CC(C)O)n(-c5ccccc5)c4=O)cc3F)ccnc2c1.